The SMILES string of the molecule is COc1ccc(OC)c2sc(N(Cc3cccnc3)C(=O)Cc3ccc(C)cc3C)nc12. The molecule has 2 heterocycles. The molecule has 0 aliphatic rings. The zero-order valence-corrected chi connectivity index (χ0v) is 19.4. The van der Waals surface area contributed by atoms with E-state index in [0.29, 0.717) is 28.7 Å². The molecule has 7 heteroatoms. The van der Waals surface area contributed by atoms with E-state index in [1.807, 2.05) is 43.3 Å². The molecule has 0 N–H and O–H groups in total. The summed E-state index contributed by atoms with van der Waals surface area (Å²) >= 11 is 1.42. The highest BCUT2D eigenvalue weighted by atomic mass is 32.1. The minimum Gasteiger partial charge on any atom is -0.495 e. The van der Waals surface area contributed by atoms with Crippen LogP contribution in [0.25, 0.3) is 10.2 Å². The molecule has 0 unspecified atom stereocenters. The van der Waals surface area contributed by atoms with E-state index in [1.54, 1.807) is 31.5 Å². The molecule has 2 aromatic heterocycles. The zero-order valence-electron chi connectivity index (χ0n) is 18.6. The third-order valence-electron chi connectivity index (χ3n) is 5.33. The summed E-state index contributed by atoms with van der Waals surface area (Å²) in [7, 11) is 3.23. The van der Waals surface area contributed by atoms with E-state index in [1.165, 1.54) is 16.9 Å². The van der Waals surface area contributed by atoms with Crippen LogP contribution in [-0.4, -0.2) is 30.1 Å². The molecule has 4 aromatic rings. The Morgan fingerprint density at radius 1 is 1.06 bits per heavy atom. The Bertz CT molecular complexity index is 1210. The van der Waals surface area contributed by atoms with Crippen molar-refractivity contribution in [3.63, 3.8) is 0 Å². The monoisotopic (exact) mass is 447 g/mol. The molecule has 0 spiro atoms. The van der Waals surface area contributed by atoms with Gasteiger partial charge in [-0.2, -0.15) is 0 Å². The normalized spacial score (nSPS) is 10.9. The van der Waals surface area contributed by atoms with Gasteiger partial charge in [0.1, 0.15) is 21.7 Å². The standard InChI is InChI=1S/C25H25N3O3S/c1-16-7-8-19(17(2)12-16)13-22(29)28(15-18-6-5-11-26-14-18)25-27-23-20(30-3)9-10-21(31-4)24(23)32-25/h5-12,14H,13,15H2,1-4H3. The summed E-state index contributed by atoms with van der Waals surface area (Å²) in [5.74, 6) is 1.32. The lowest BCUT2D eigenvalue weighted by atomic mass is 10.0. The topological polar surface area (TPSA) is 64.6 Å². The zero-order chi connectivity index (χ0) is 22.7. The highest BCUT2D eigenvalue weighted by molar-refractivity contribution is 7.22. The van der Waals surface area contributed by atoms with E-state index in [2.05, 4.69) is 18.0 Å². The second-order valence-corrected chi connectivity index (χ2v) is 8.57. The molecule has 0 saturated carbocycles. The molecule has 0 atom stereocenters. The van der Waals surface area contributed by atoms with Gasteiger partial charge in [0, 0.05) is 12.4 Å². The summed E-state index contributed by atoms with van der Waals surface area (Å²) in [5.41, 5.74) is 4.90. The van der Waals surface area contributed by atoms with Gasteiger partial charge in [-0.1, -0.05) is 41.2 Å². The Morgan fingerprint density at radius 2 is 1.84 bits per heavy atom. The van der Waals surface area contributed by atoms with Crippen LogP contribution >= 0.6 is 11.3 Å². The van der Waals surface area contributed by atoms with Crippen molar-refractivity contribution in [1.82, 2.24) is 9.97 Å². The number of anilines is 1. The quantitative estimate of drug-likeness (QED) is 0.394. The van der Waals surface area contributed by atoms with Crippen LogP contribution in [0.2, 0.25) is 0 Å². The first-order chi connectivity index (χ1) is 15.5. The number of benzene rings is 2. The van der Waals surface area contributed by atoms with Crippen molar-refractivity contribution in [3.8, 4) is 11.5 Å². The van der Waals surface area contributed by atoms with Gasteiger partial charge in [0.25, 0.3) is 0 Å². The van der Waals surface area contributed by atoms with Crippen molar-refractivity contribution in [2.75, 3.05) is 19.1 Å². The van der Waals surface area contributed by atoms with E-state index < -0.39 is 0 Å². The number of fused-ring (bicyclic) bond motifs is 1. The second-order valence-electron chi connectivity index (χ2n) is 7.59. The number of amides is 1. The number of ether oxygens (including phenoxy) is 2. The predicted molar refractivity (Wildman–Crippen MR) is 128 cm³/mol. The summed E-state index contributed by atoms with van der Waals surface area (Å²) in [6.45, 7) is 4.46. The van der Waals surface area contributed by atoms with Crippen LogP contribution in [-0.2, 0) is 17.8 Å². The van der Waals surface area contributed by atoms with Crippen molar-refractivity contribution in [2.45, 2.75) is 26.8 Å². The van der Waals surface area contributed by atoms with Gasteiger partial charge in [0.15, 0.2) is 5.13 Å². The molecule has 0 radical (unpaired) electrons. The molecule has 1 amide bonds. The first-order valence-corrected chi connectivity index (χ1v) is 11.1. The molecule has 6 nitrogen and oxygen atoms in total. The number of hydrogen-bond acceptors (Lipinski definition) is 6. The molecule has 0 fully saturated rings. The minimum atomic E-state index is -0.0298. The molecular weight excluding hydrogens is 422 g/mol. The maximum absolute atomic E-state index is 13.6. The maximum atomic E-state index is 13.6. The van der Waals surface area contributed by atoms with E-state index >= 15 is 0 Å². The Morgan fingerprint density at radius 3 is 2.53 bits per heavy atom. The number of hydrogen-bond donors (Lipinski definition) is 0. The number of methoxy groups -OCH3 is 2. The lowest BCUT2D eigenvalue weighted by Crippen LogP contribution is -2.32. The van der Waals surface area contributed by atoms with Gasteiger partial charge in [0.05, 0.1) is 27.2 Å². The van der Waals surface area contributed by atoms with Gasteiger partial charge in [-0.05, 0) is 48.7 Å². The van der Waals surface area contributed by atoms with Crippen LogP contribution in [0.3, 0.4) is 0 Å². The maximum Gasteiger partial charge on any atom is 0.233 e. The Kier molecular flexibility index (Phi) is 6.37. The number of pyridine rings is 1. The average Bonchev–Trinajstić information content (AvgIpc) is 3.24. The van der Waals surface area contributed by atoms with E-state index in [0.717, 1.165) is 21.4 Å². The number of aryl methyl sites for hydroxylation is 2. The molecule has 0 aliphatic heterocycles. The summed E-state index contributed by atoms with van der Waals surface area (Å²) in [6, 6.07) is 13.7. The smallest absolute Gasteiger partial charge is 0.233 e. The fourth-order valence-corrected chi connectivity index (χ4v) is 4.72. The van der Waals surface area contributed by atoms with Gasteiger partial charge in [0.2, 0.25) is 5.91 Å². The largest absolute Gasteiger partial charge is 0.495 e. The molecule has 164 valence electrons. The van der Waals surface area contributed by atoms with Crippen LogP contribution in [0.4, 0.5) is 5.13 Å². The number of carbonyl (C=O) groups excluding carboxylic acids is 1. The molecule has 0 saturated heterocycles. The Balaban J connectivity index is 1.76. The van der Waals surface area contributed by atoms with E-state index in [4.69, 9.17) is 14.5 Å². The fourth-order valence-electron chi connectivity index (χ4n) is 3.63. The number of rotatable bonds is 7. The first-order valence-electron chi connectivity index (χ1n) is 10.3. The molecule has 32 heavy (non-hydrogen) atoms. The third kappa shape index (κ3) is 4.43. The molecule has 2 aromatic carbocycles. The second kappa shape index (κ2) is 9.36. The Hall–Kier alpha value is -3.45. The lowest BCUT2D eigenvalue weighted by Gasteiger charge is -2.20. The predicted octanol–water partition coefficient (Wildman–Crippen LogP) is 5.10. The first kappa shape index (κ1) is 21.8. The highest BCUT2D eigenvalue weighted by Gasteiger charge is 2.23. The number of thiazole rings is 1. The van der Waals surface area contributed by atoms with Gasteiger partial charge < -0.3 is 9.47 Å². The van der Waals surface area contributed by atoms with Crippen molar-refractivity contribution in [3.05, 3.63) is 77.1 Å². The average molecular weight is 448 g/mol. The summed E-state index contributed by atoms with van der Waals surface area (Å²) < 4.78 is 11.9. The van der Waals surface area contributed by atoms with Gasteiger partial charge in [-0.3, -0.25) is 14.7 Å². The van der Waals surface area contributed by atoms with Crippen molar-refractivity contribution in [2.24, 2.45) is 0 Å². The van der Waals surface area contributed by atoms with Crippen LogP contribution < -0.4 is 14.4 Å². The van der Waals surface area contributed by atoms with Crippen molar-refractivity contribution in [1.29, 1.82) is 0 Å². The minimum absolute atomic E-state index is 0.0298. The fraction of sp³-hybridized carbons (Fsp3) is 0.240. The van der Waals surface area contributed by atoms with Gasteiger partial charge in [-0.25, -0.2) is 4.98 Å². The number of carbonyl (C=O) groups is 1. The number of aromatic nitrogens is 2. The lowest BCUT2D eigenvalue weighted by molar-refractivity contribution is -0.118. The van der Waals surface area contributed by atoms with Crippen LogP contribution in [0.1, 0.15) is 22.3 Å². The molecule has 4 rings (SSSR count). The van der Waals surface area contributed by atoms with Gasteiger partial charge >= 0.3 is 0 Å². The van der Waals surface area contributed by atoms with Crippen LogP contribution in [0.15, 0.2) is 54.9 Å². The van der Waals surface area contributed by atoms with Crippen LogP contribution in [0, 0.1) is 13.8 Å². The summed E-state index contributed by atoms with van der Waals surface area (Å²) in [6.07, 6.45) is 3.78. The molecular formula is C25H25N3O3S. The Labute approximate surface area is 191 Å². The highest BCUT2D eigenvalue weighted by Crippen LogP contribution is 2.40. The van der Waals surface area contributed by atoms with Gasteiger partial charge in [-0.15, -0.1) is 0 Å². The number of nitrogens with zero attached hydrogens (tertiary/aromatic N) is 3. The van der Waals surface area contributed by atoms with Crippen LogP contribution in [0.5, 0.6) is 11.5 Å². The summed E-state index contributed by atoms with van der Waals surface area (Å²) in [4.78, 5) is 24.3. The van der Waals surface area contributed by atoms with E-state index in [9.17, 15) is 4.79 Å². The summed E-state index contributed by atoms with van der Waals surface area (Å²) in [5, 5.41) is 0.599. The van der Waals surface area contributed by atoms with Crippen molar-refractivity contribution >= 4 is 32.6 Å². The molecule has 0 aliphatic carbocycles. The third-order valence-corrected chi connectivity index (χ3v) is 6.43. The van der Waals surface area contributed by atoms with E-state index in [-0.39, 0.29) is 12.3 Å². The molecule has 0 bridgehead atoms. The van der Waals surface area contributed by atoms with Crippen molar-refractivity contribution < 1.29 is 14.3 Å².